The van der Waals surface area contributed by atoms with Gasteiger partial charge in [-0.3, -0.25) is 4.79 Å². The average Bonchev–Trinajstić information content (AvgIpc) is 3.11. The van der Waals surface area contributed by atoms with Crippen molar-refractivity contribution in [2.75, 3.05) is 43.9 Å². The predicted molar refractivity (Wildman–Crippen MR) is 149 cm³/mol. The zero-order chi connectivity index (χ0) is 28.4. The number of carbonyl (C=O) groups excluding carboxylic acids is 2. The van der Waals surface area contributed by atoms with E-state index >= 15 is 0 Å². The number of fused-ring (bicyclic) bond motifs is 1. The molecule has 2 fully saturated rings. The fourth-order valence-corrected chi connectivity index (χ4v) is 7.07. The molecule has 2 amide bonds. The molecule has 0 aromatic heterocycles. The lowest BCUT2D eigenvalue weighted by Gasteiger charge is -2.37. The van der Waals surface area contributed by atoms with Crippen LogP contribution in [0, 0.1) is 11.7 Å². The molecule has 1 N–H and O–H groups in total. The van der Waals surface area contributed by atoms with E-state index in [-0.39, 0.29) is 49.5 Å². The summed E-state index contributed by atoms with van der Waals surface area (Å²) in [4.78, 5) is 30.3. The maximum Gasteiger partial charge on any atom is 0.408 e. The quantitative estimate of drug-likeness (QED) is 0.517. The highest BCUT2D eigenvalue weighted by Crippen LogP contribution is 2.39. The maximum absolute atomic E-state index is 13.8. The largest absolute Gasteiger partial charge is 0.436 e. The molecular weight excluding hydrogens is 523 g/mol. The molecule has 0 bridgehead atoms. The number of carbonyl (C=O) groups is 2. The molecule has 4 rings (SSSR count). The van der Waals surface area contributed by atoms with Crippen LogP contribution in [0.3, 0.4) is 0 Å². The van der Waals surface area contributed by atoms with E-state index in [0.717, 1.165) is 36.9 Å². The van der Waals surface area contributed by atoms with Gasteiger partial charge in [0.05, 0.1) is 6.26 Å². The highest BCUT2D eigenvalue weighted by atomic mass is 32.2. The van der Waals surface area contributed by atoms with Crippen molar-refractivity contribution >= 4 is 27.7 Å². The van der Waals surface area contributed by atoms with E-state index in [9.17, 15) is 22.4 Å². The molecule has 2 heterocycles. The number of rotatable bonds is 8. The van der Waals surface area contributed by atoms with E-state index in [1.807, 2.05) is 6.92 Å². The van der Waals surface area contributed by atoms with Crippen LogP contribution >= 0.6 is 0 Å². The molecule has 1 saturated carbocycles. The first-order valence-corrected chi connectivity index (χ1v) is 16.0. The van der Waals surface area contributed by atoms with Crippen LogP contribution < -0.4 is 10.2 Å². The van der Waals surface area contributed by atoms with Gasteiger partial charge in [-0.1, -0.05) is 32.1 Å². The van der Waals surface area contributed by atoms with Crippen LogP contribution in [0.2, 0.25) is 0 Å². The monoisotopic (exact) mass is 566 g/mol. The predicted octanol–water partition coefficient (Wildman–Crippen LogP) is 3.52. The molecule has 1 aromatic carbocycles. The normalized spacial score (nSPS) is 21.8. The number of halogens is 1. The Morgan fingerprint density at radius 1 is 1.13 bits per heavy atom. The Bertz CT molecular complexity index is 1150. The van der Waals surface area contributed by atoms with E-state index in [1.54, 1.807) is 17.0 Å². The summed E-state index contributed by atoms with van der Waals surface area (Å²) in [5, 5.41) is 2.90. The minimum absolute atomic E-state index is 0.233. The van der Waals surface area contributed by atoms with Crippen molar-refractivity contribution < 1.29 is 27.1 Å². The Kier molecular flexibility index (Phi) is 9.10. The zero-order valence-electron chi connectivity index (χ0n) is 23.6. The summed E-state index contributed by atoms with van der Waals surface area (Å²) >= 11 is 0. The van der Waals surface area contributed by atoms with Gasteiger partial charge >= 0.3 is 6.09 Å². The Balaban J connectivity index is 1.38. The van der Waals surface area contributed by atoms with E-state index in [1.165, 1.54) is 23.0 Å². The summed E-state index contributed by atoms with van der Waals surface area (Å²) in [5.74, 6) is -0.196. The first-order valence-electron chi connectivity index (χ1n) is 14.1. The van der Waals surface area contributed by atoms with Gasteiger partial charge in [0, 0.05) is 50.0 Å². The van der Waals surface area contributed by atoms with Crippen LogP contribution in [-0.2, 0) is 26.0 Å². The van der Waals surface area contributed by atoms with Gasteiger partial charge in [0.2, 0.25) is 10.0 Å². The number of nitrogens with one attached hydrogen (secondary N) is 1. The van der Waals surface area contributed by atoms with Crippen LogP contribution in [0.15, 0.2) is 18.2 Å². The van der Waals surface area contributed by atoms with E-state index in [4.69, 9.17) is 4.74 Å². The second-order valence-corrected chi connectivity index (χ2v) is 14.0. The number of benzene rings is 1. The standard InChI is InChI=1S/C28H43FN4O5S/c1-20(19-33-24-11-10-23(29)17-22(24)18-28(33,2)3)30-27(35)38-25(16-21-8-6-5-7-9-21)26(34)31-12-14-32(15-13-31)39(4,36)37/h10-11,17,20-21,25H,5-9,12-16,18-19H2,1-4H3,(H,30,35)/t20?,25-/m0/s1. The first kappa shape index (κ1) is 29.6. The van der Waals surface area contributed by atoms with Gasteiger partial charge in [0.25, 0.3) is 5.91 Å². The number of hydrogen-bond acceptors (Lipinski definition) is 6. The lowest BCUT2D eigenvalue weighted by atomic mass is 9.85. The number of amides is 2. The fraction of sp³-hybridized carbons (Fsp3) is 0.714. The number of nitrogens with zero attached hydrogens (tertiary/aromatic N) is 3. The lowest BCUT2D eigenvalue weighted by molar-refractivity contribution is -0.142. The minimum Gasteiger partial charge on any atom is -0.436 e. The number of anilines is 1. The molecule has 1 saturated heterocycles. The number of sulfonamides is 1. The molecule has 2 atom stereocenters. The van der Waals surface area contributed by atoms with Gasteiger partial charge in [0.1, 0.15) is 5.82 Å². The summed E-state index contributed by atoms with van der Waals surface area (Å²) < 4.78 is 44.7. The average molecular weight is 567 g/mol. The molecule has 2 aliphatic heterocycles. The van der Waals surface area contributed by atoms with Crippen LogP contribution in [0.1, 0.15) is 64.9 Å². The van der Waals surface area contributed by atoms with Gasteiger partial charge in [0.15, 0.2) is 6.10 Å². The zero-order valence-corrected chi connectivity index (χ0v) is 24.4. The van der Waals surface area contributed by atoms with Crippen molar-refractivity contribution in [1.29, 1.82) is 0 Å². The molecule has 3 aliphatic rings. The SMILES string of the molecule is CC(CN1c2ccc(F)cc2CC1(C)C)NC(=O)O[C@@H](CC1CCCCC1)C(=O)N1CCN(S(C)(=O)=O)CC1. The van der Waals surface area contributed by atoms with Crippen LogP contribution in [0.5, 0.6) is 0 Å². The topological polar surface area (TPSA) is 99.3 Å². The second kappa shape index (κ2) is 12.0. The summed E-state index contributed by atoms with van der Waals surface area (Å²) in [6.45, 7) is 7.62. The maximum atomic E-state index is 13.8. The van der Waals surface area contributed by atoms with E-state index < -0.39 is 22.2 Å². The van der Waals surface area contributed by atoms with Crippen molar-refractivity contribution in [1.82, 2.24) is 14.5 Å². The van der Waals surface area contributed by atoms with Gasteiger partial charge in [-0.15, -0.1) is 0 Å². The Morgan fingerprint density at radius 2 is 1.79 bits per heavy atom. The highest BCUT2D eigenvalue weighted by molar-refractivity contribution is 7.88. The van der Waals surface area contributed by atoms with Gasteiger partial charge in [-0.25, -0.2) is 17.6 Å². The van der Waals surface area contributed by atoms with Gasteiger partial charge in [-0.2, -0.15) is 4.31 Å². The summed E-state index contributed by atoms with van der Waals surface area (Å²) in [6.07, 6.45) is 6.24. The Morgan fingerprint density at radius 3 is 2.44 bits per heavy atom. The fourth-order valence-electron chi connectivity index (χ4n) is 6.24. The van der Waals surface area contributed by atoms with Crippen molar-refractivity contribution in [3.8, 4) is 0 Å². The molecular formula is C28H43FN4O5S. The summed E-state index contributed by atoms with van der Waals surface area (Å²) in [7, 11) is -3.31. The first-order chi connectivity index (χ1) is 18.3. The Labute approximate surface area is 232 Å². The van der Waals surface area contributed by atoms with Crippen LogP contribution in [-0.4, -0.2) is 86.3 Å². The molecule has 1 aromatic rings. The third kappa shape index (κ3) is 7.42. The lowest BCUT2D eigenvalue weighted by Crippen LogP contribution is -2.54. The van der Waals surface area contributed by atoms with E-state index in [0.29, 0.717) is 25.3 Å². The third-order valence-corrected chi connectivity index (χ3v) is 9.63. The minimum atomic E-state index is -3.31. The van der Waals surface area contributed by atoms with Crippen molar-refractivity contribution in [3.63, 3.8) is 0 Å². The van der Waals surface area contributed by atoms with Crippen molar-refractivity contribution in [2.24, 2.45) is 5.92 Å². The second-order valence-electron chi connectivity index (χ2n) is 12.0. The molecule has 1 unspecified atom stereocenters. The number of ether oxygens (including phenoxy) is 1. The third-order valence-electron chi connectivity index (χ3n) is 8.32. The number of alkyl carbamates (subject to hydrolysis) is 1. The molecule has 9 nitrogen and oxygen atoms in total. The Hall–Kier alpha value is -2.40. The van der Waals surface area contributed by atoms with Gasteiger partial charge in [-0.05, 0) is 63.3 Å². The molecule has 1 aliphatic carbocycles. The van der Waals surface area contributed by atoms with Gasteiger partial charge < -0.3 is 19.9 Å². The van der Waals surface area contributed by atoms with Crippen molar-refractivity contribution in [2.45, 2.75) is 83.4 Å². The highest BCUT2D eigenvalue weighted by Gasteiger charge is 2.38. The molecule has 218 valence electrons. The smallest absolute Gasteiger partial charge is 0.408 e. The molecule has 0 radical (unpaired) electrons. The molecule has 11 heteroatoms. The summed E-state index contributed by atoms with van der Waals surface area (Å²) in [6, 6.07) is 4.53. The summed E-state index contributed by atoms with van der Waals surface area (Å²) in [5.41, 5.74) is 1.68. The number of piperazine rings is 1. The number of hydrogen-bond donors (Lipinski definition) is 1. The van der Waals surface area contributed by atoms with Crippen molar-refractivity contribution in [3.05, 3.63) is 29.6 Å². The van der Waals surface area contributed by atoms with E-state index in [2.05, 4.69) is 24.1 Å². The van der Waals surface area contributed by atoms with Crippen LogP contribution in [0.4, 0.5) is 14.9 Å². The molecule has 0 spiro atoms. The van der Waals surface area contributed by atoms with Crippen LogP contribution in [0.25, 0.3) is 0 Å². The molecule has 39 heavy (non-hydrogen) atoms.